The monoisotopic (exact) mass is 879 g/mol. The summed E-state index contributed by atoms with van der Waals surface area (Å²) in [6.07, 6.45) is 0. The van der Waals surface area contributed by atoms with Gasteiger partial charge in [-0.3, -0.25) is 0 Å². The van der Waals surface area contributed by atoms with Crippen LogP contribution in [-0.2, 0) is 10.8 Å². The van der Waals surface area contributed by atoms with Gasteiger partial charge in [0.25, 0.3) is 0 Å². The van der Waals surface area contributed by atoms with Gasteiger partial charge in [-0.05, 0) is 148 Å². The second-order valence-electron chi connectivity index (χ2n) is 19.2. The molecule has 1 heteroatoms. The average molecular weight is 880 g/mol. The highest BCUT2D eigenvalue weighted by molar-refractivity contribution is 5.92. The zero-order chi connectivity index (χ0) is 46.1. The van der Waals surface area contributed by atoms with Crippen molar-refractivity contribution in [2.75, 3.05) is 4.90 Å². The molecule has 1 nitrogen and oxygen atoms in total. The molecule has 0 aliphatic heterocycles. The van der Waals surface area contributed by atoms with Crippen molar-refractivity contribution in [3.05, 3.63) is 294 Å². The third-order valence-corrected chi connectivity index (χ3v) is 15.1. The van der Waals surface area contributed by atoms with Crippen molar-refractivity contribution in [1.82, 2.24) is 0 Å². The highest BCUT2D eigenvalue weighted by Crippen LogP contribution is 2.58. The summed E-state index contributed by atoms with van der Waals surface area (Å²) in [5.41, 5.74) is 23.1. The number of anilines is 3. The maximum atomic E-state index is 2.47. The van der Waals surface area contributed by atoms with Crippen LogP contribution in [0, 0.1) is 0 Å². The first-order valence-corrected chi connectivity index (χ1v) is 24.2. The van der Waals surface area contributed by atoms with E-state index >= 15 is 0 Å². The summed E-state index contributed by atoms with van der Waals surface area (Å²) < 4.78 is 0. The number of benzene rings is 11. The van der Waals surface area contributed by atoms with E-state index in [0.29, 0.717) is 0 Å². The number of hydrogen-bond acceptors (Lipinski definition) is 1. The van der Waals surface area contributed by atoms with Crippen molar-refractivity contribution in [2.45, 2.75) is 24.7 Å². The van der Waals surface area contributed by atoms with Gasteiger partial charge >= 0.3 is 0 Å². The molecule has 11 aromatic rings. The van der Waals surface area contributed by atoms with Gasteiger partial charge in [0.1, 0.15) is 0 Å². The third kappa shape index (κ3) is 6.46. The number of fused-ring (bicyclic) bond motifs is 7. The fraction of sp³-hybridized carbons (Fsp3) is 0.0588. The normalized spacial score (nSPS) is 13.6. The highest BCUT2D eigenvalue weighted by atomic mass is 15.1. The van der Waals surface area contributed by atoms with E-state index in [0.717, 1.165) is 17.1 Å². The van der Waals surface area contributed by atoms with Crippen molar-refractivity contribution in [3.8, 4) is 55.6 Å². The fourth-order valence-electron chi connectivity index (χ4n) is 11.9. The molecular formula is C68H49N. The molecule has 2 aliphatic carbocycles. The topological polar surface area (TPSA) is 3.24 Å². The molecule has 69 heavy (non-hydrogen) atoms. The van der Waals surface area contributed by atoms with Crippen molar-refractivity contribution in [1.29, 1.82) is 0 Å². The molecule has 0 bridgehead atoms. The van der Waals surface area contributed by atoms with Crippen LogP contribution in [0.5, 0.6) is 0 Å². The van der Waals surface area contributed by atoms with Gasteiger partial charge in [0.05, 0.1) is 5.41 Å². The van der Waals surface area contributed by atoms with E-state index in [1.54, 1.807) is 0 Å². The van der Waals surface area contributed by atoms with Crippen LogP contribution in [0.15, 0.2) is 261 Å². The maximum absolute atomic E-state index is 2.47. The van der Waals surface area contributed by atoms with Crippen molar-refractivity contribution in [3.63, 3.8) is 0 Å². The highest BCUT2D eigenvalue weighted by Gasteiger charge is 2.46. The molecule has 0 atom stereocenters. The zero-order valence-electron chi connectivity index (χ0n) is 38.8. The van der Waals surface area contributed by atoms with Gasteiger partial charge in [0.15, 0.2) is 0 Å². The van der Waals surface area contributed by atoms with Gasteiger partial charge in [-0.25, -0.2) is 0 Å². The predicted molar refractivity (Wildman–Crippen MR) is 290 cm³/mol. The van der Waals surface area contributed by atoms with E-state index in [-0.39, 0.29) is 5.41 Å². The molecule has 11 aromatic carbocycles. The molecular weight excluding hydrogens is 831 g/mol. The van der Waals surface area contributed by atoms with Gasteiger partial charge in [0.2, 0.25) is 0 Å². The molecule has 0 aromatic heterocycles. The lowest BCUT2D eigenvalue weighted by atomic mass is 9.67. The number of hydrogen-bond donors (Lipinski definition) is 0. The Morgan fingerprint density at radius 2 is 0.754 bits per heavy atom. The first kappa shape index (κ1) is 40.7. The maximum Gasteiger partial charge on any atom is 0.0714 e. The minimum absolute atomic E-state index is 0.115. The minimum Gasteiger partial charge on any atom is -0.310 e. The van der Waals surface area contributed by atoms with E-state index < -0.39 is 5.41 Å². The van der Waals surface area contributed by atoms with Crippen LogP contribution in [-0.4, -0.2) is 0 Å². The summed E-state index contributed by atoms with van der Waals surface area (Å²) in [4.78, 5) is 2.44. The van der Waals surface area contributed by atoms with E-state index in [4.69, 9.17) is 0 Å². The predicted octanol–water partition coefficient (Wildman–Crippen LogP) is 18.0. The minimum atomic E-state index is -0.516. The molecule has 0 saturated carbocycles. The fourth-order valence-corrected chi connectivity index (χ4v) is 11.9. The Balaban J connectivity index is 0.956. The lowest BCUT2D eigenvalue weighted by molar-refractivity contribution is 0.662. The zero-order valence-corrected chi connectivity index (χ0v) is 38.8. The Morgan fingerprint density at radius 1 is 0.275 bits per heavy atom. The molecule has 0 spiro atoms. The van der Waals surface area contributed by atoms with Gasteiger partial charge in [0, 0.05) is 22.5 Å². The molecule has 0 N–H and O–H groups in total. The lowest BCUT2D eigenvalue weighted by Crippen LogP contribution is -2.28. The summed E-state index contributed by atoms with van der Waals surface area (Å²) in [6, 6.07) is 96.8. The summed E-state index contributed by atoms with van der Waals surface area (Å²) in [5, 5.41) is 2.50. The van der Waals surface area contributed by atoms with E-state index in [9.17, 15) is 0 Å². The first-order valence-electron chi connectivity index (χ1n) is 24.2. The summed E-state index contributed by atoms with van der Waals surface area (Å²) in [5.74, 6) is 0. The lowest BCUT2D eigenvalue weighted by Gasteiger charge is -2.35. The molecule has 0 fully saturated rings. The quantitative estimate of drug-likeness (QED) is 0.147. The van der Waals surface area contributed by atoms with Crippen LogP contribution in [0.2, 0.25) is 0 Å². The summed E-state index contributed by atoms with van der Waals surface area (Å²) >= 11 is 0. The van der Waals surface area contributed by atoms with E-state index in [1.165, 1.54) is 99.8 Å². The average Bonchev–Trinajstić information content (AvgIpc) is 3.85. The molecule has 326 valence electrons. The Bertz CT molecular complexity index is 3690. The van der Waals surface area contributed by atoms with Gasteiger partial charge in [-0.2, -0.15) is 0 Å². The number of nitrogens with zero attached hydrogens (tertiary/aromatic N) is 1. The van der Waals surface area contributed by atoms with E-state index in [1.807, 2.05) is 0 Å². The SMILES string of the molecule is CC1(C)c2ccccc2-c2cccc(-c3ccc(N(c4ccc(-c5cccc(-c6ccc7ccccc7c6)c5)cc4)c4ccc5c(c4)C(c4ccccc4)(c4ccccc4)c4ccccc4-5)cc3)c21. The van der Waals surface area contributed by atoms with Crippen molar-refractivity contribution < 1.29 is 0 Å². The molecule has 0 amide bonds. The Kier molecular flexibility index (Phi) is 9.49. The van der Waals surface area contributed by atoms with Crippen LogP contribution in [0.25, 0.3) is 66.4 Å². The Labute approximate surface area is 405 Å². The second-order valence-corrected chi connectivity index (χ2v) is 19.2. The largest absolute Gasteiger partial charge is 0.310 e. The Hall–Kier alpha value is -8.52. The molecule has 0 radical (unpaired) electrons. The van der Waals surface area contributed by atoms with Crippen LogP contribution in [0.4, 0.5) is 17.1 Å². The Morgan fingerprint density at radius 3 is 1.45 bits per heavy atom. The van der Waals surface area contributed by atoms with Gasteiger partial charge in [-0.1, -0.05) is 226 Å². The molecule has 2 aliphatic rings. The van der Waals surface area contributed by atoms with Crippen LogP contribution in [0.3, 0.4) is 0 Å². The first-order chi connectivity index (χ1) is 34.0. The molecule has 0 heterocycles. The van der Waals surface area contributed by atoms with E-state index in [2.05, 4.69) is 280 Å². The van der Waals surface area contributed by atoms with Gasteiger partial charge < -0.3 is 4.90 Å². The number of rotatable bonds is 8. The standard InChI is InChI=1S/C68H49N/c1-67(2)63-29-13-11-26-60(63)62-28-16-27-58(66(62)67)48-35-39-56(40-36-48)69(55-37-33-47(34-38-55)50-19-15-20-51(43-50)52-32-31-46-17-9-10-18-49(46)44-52)57-41-42-61-59-25-12-14-30-64(59)68(65(61)45-57,53-21-5-3-6-22-53)54-23-7-4-8-24-54/h3-45H,1-2H3. The summed E-state index contributed by atoms with van der Waals surface area (Å²) in [6.45, 7) is 4.75. The smallest absolute Gasteiger partial charge is 0.0714 e. The summed E-state index contributed by atoms with van der Waals surface area (Å²) in [7, 11) is 0. The van der Waals surface area contributed by atoms with Crippen molar-refractivity contribution in [2.24, 2.45) is 0 Å². The van der Waals surface area contributed by atoms with Crippen molar-refractivity contribution >= 4 is 27.8 Å². The van der Waals surface area contributed by atoms with Crippen LogP contribution in [0.1, 0.15) is 47.2 Å². The van der Waals surface area contributed by atoms with Gasteiger partial charge in [-0.15, -0.1) is 0 Å². The molecule has 13 rings (SSSR count). The molecule has 0 saturated heterocycles. The van der Waals surface area contributed by atoms with Crippen LogP contribution < -0.4 is 4.90 Å². The second kappa shape index (κ2) is 16.1. The van der Waals surface area contributed by atoms with Crippen LogP contribution >= 0.6 is 0 Å². The molecule has 0 unspecified atom stereocenters. The third-order valence-electron chi connectivity index (χ3n) is 15.1.